The Kier molecular flexibility index (Phi) is 6.32. The fourth-order valence-electron chi connectivity index (χ4n) is 3.80. The predicted molar refractivity (Wildman–Crippen MR) is 121 cm³/mol. The van der Waals surface area contributed by atoms with Crippen molar-refractivity contribution in [3.05, 3.63) is 65.4 Å². The molecule has 0 amide bonds. The zero-order chi connectivity index (χ0) is 23.7. The van der Waals surface area contributed by atoms with Crippen LogP contribution in [0.15, 0.2) is 48.5 Å². The number of hydrogen-bond acceptors (Lipinski definition) is 6. The van der Waals surface area contributed by atoms with Gasteiger partial charge in [-0.2, -0.15) is 0 Å². The van der Waals surface area contributed by atoms with Crippen LogP contribution in [0.1, 0.15) is 44.5 Å². The van der Waals surface area contributed by atoms with E-state index in [0.717, 1.165) is 0 Å². The first kappa shape index (κ1) is 23.3. The number of ether oxygens (including phenoxy) is 3. The highest BCUT2D eigenvalue weighted by atomic mass is 16.6. The summed E-state index contributed by atoms with van der Waals surface area (Å²) < 4.78 is 17.5. The molecule has 2 aromatic carbocycles. The van der Waals surface area contributed by atoms with Crippen LogP contribution in [0.3, 0.4) is 0 Å². The maximum absolute atomic E-state index is 13.2. The standard InChI is InChI=1S/C25H29NO6/c1-7-31-22(27)25(29,17-12-14-18(30-6)15-13-17)21-16(2)26(23(28)32-24(3,4)5)20-11-9-8-10-19(20)21/h8-15,29H,7H2,1-6H3/t25-/m1/s1. The molecule has 0 aliphatic carbocycles. The first-order valence-electron chi connectivity index (χ1n) is 10.4. The van der Waals surface area contributed by atoms with E-state index in [1.165, 1.54) is 11.7 Å². The van der Waals surface area contributed by atoms with E-state index in [-0.39, 0.29) is 12.2 Å². The third kappa shape index (κ3) is 4.08. The van der Waals surface area contributed by atoms with Crippen LogP contribution < -0.4 is 4.74 Å². The number of aliphatic hydroxyl groups is 1. The Labute approximate surface area is 187 Å². The summed E-state index contributed by atoms with van der Waals surface area (Å²) in [4.78, 5) is 26.3. The van der Waals surface area contributed by atoms with Crippen LogP contribution in [0, 0.1) is 6.92 Å². The molecule has 170 valence electrons. The summed E-state index contributed by atoms with van der Waals surface area (Å²) in [5.74, 6) is -0.256. The van der Waals surface area contributed by atoms with Crippen molar-refractivity contribution in [1.82, 2.24) is 4.57 Å². The Morgan fingerprint density at radius 1 is 1.03 bits per heavy atom. The van der Waals surface area contributed by atoms with Crippen molar-refractivity contribution in [2.75, 3.05) is 13.7 Å². The lowest BCUT2D eigenvalue weighted by Gasteiger charge is -2.27. The van der Waals surface area contributed by atoms with E-state index in [2.05, 4.69) is 0 Å². The highest BCUT2D eigenvalue weighted by Gasteiger charge is 2.46. The Bertz CT molecular complexity index is 1140. The largest absolute Gasteiger partial charge is 0.497 e. The minimum atomic E-state index is -2.15. The molecule has 0 aliphatic heterocycles. The van der Waals surface area contributed by atoms with Gasteiger partial charge in [-0.1, -0.05) is 30.3 Å². The molecule has 0 saturated heterocycles. The third-order valence-electron chi connectivity index (χ3n) is 5.13. The molecule has 1 heterocycles. The van der Waals surface area contributed by atoms with Gasteiger partial charge in [0.25, 0.3) is 0 Å². The number of rotatable bonds is 5. The first-order chi connectivity index (χ1) is 15.0. The van der Waals surface area contributed by atoms with E-state index in [0.29, 0.717) is 27.9 Å². The van der Waals surface area contributed by atoms with Gasteiger partial charge in [0, 0.05) is 16.6 Å². The van der Waals surface area contributed by atoms with E-state index in [1.807, 2.05) is 0 Å². The summed E-state index contributed by atoms with van der Waals surface area (Å²) in [6.07, 6.45) is -0.599. The third-order valence-corrected chi connectivity index (χ3v) is 5.13. The van der Waals surface area contributed by atoms with Crippen LogP contribution in [0.25, 0.3) is 10.9 Å². The summed E-state index contributed by atoms with van der Waals surface area (Å²) in [7, 11) is 1.53. The molecule has 0 saturated carbocycles. The van der Waals surface area contributed by atoms with E-state index in [9.17, 15) is 14.7 Å². The molecule has 0 spiro atoms. The van der Waals surface area contributed by atoms with Gasteiger partial charge < -0.3 is 19.3 Å². The van der Waals surface area contributed by atoms with E-state index in [4.69, 9.17) is 14.2 Å². The minimum Gasteiger partial charge on any atom is -0.497 e. The predicted octanol–water partition coefficient (Wildman–Crippen LogP) is 4.54. The Morgan fingerprint density at radius 2 is 1.66 bits per heavy atom. The van der Waals surface area contributed by atoms with Gasteiger partial charge in [-0.05, 0) is 58.4 Å². The zero-order valence-electron chi connectivity index (χ0n) is 19.3. The van der Waals surface area contributed by atoms with E-state index in [1.54, 1.807) is 83.1 Å². The molecule has 7 heteroatoms. The lowest BCUT2D eigenvalue weighted by molar-refractivity contribution is -0.161. The number of esters is 1. The van der Waals surface area contributed by atoms with Crippen molar-refractivity contribution in [3.63, 3.8) is 0 Å². The molecule has 3 aromatic rings. The highest BCUT2D eigenvalue weighted by molar-refractivity contribution is 5.99. The average molecular weight is 440 g/mol. The molecule has 7 nitrogen and oxygen atoms in total. The number of aromatic nitrogens is 1. The molecule has 0 bridgehead atoms. The van der Waals surface area contributed by atoms with Crippen molar-refractivity contribution in [2.24, 2.45) is 0 Å². The number of nitrogens with zero attached hydrogens (tertiary/aromatic N) is 1. The van der Waals surface area contributed by atoms with Crippen LogP contribution in [-0.2, 0) is 19.9 Å². The van der Waals surface area contributed by atoms with Crippen LogP contribution in [0.5, 0.6) is 5.75 Å². The number of carbonyl (C=O) groups excluding carboxylic acids is 2. The molecular weight excluding hydrogens is 410 g/mol. The number of benzene rings is 2. The minimum absolute atomic E-state index is 0.0844. The zero-order valence-corrected chi connectivity index (χ0v) is 19.3. The SMILES string of the molecule is CCOC(=O)[C@@](O)(c1ccc(OC)cc1)c1c(C)n(C(=O)OC(C)(C)C)c2ccccc12. The molecular formula is C25H29NO6. The van der Waals surface area contributed by atoms with Gasteiger partial charge in [0.1, 0.15) is 11.4 Å². The van der Waals surface area contributed by atoms with Crippen molar-refractivity contribution in [1.29, 1.82) is 0 Å². The van der Waals surface area contributed by atoms with Gasteiger partial charge in [-0.15, -0.1) is 0 Å². The number of para-hydroxylation sites is 1. The maximum atomic E-state index is 13.2. The number of fused-ring (bicyclic) bond motifs is 1. The summed E-state index contributed by atoms with van der Waals surface area (Å²) in [6, 6.07) is 13.6. The van der Waals surface area contributed by atoms with Gasteiger partial charge >= 0.3 is 12.1 Å². The molecule has 0 fully saturated rings. The van der Waals surface area contributed by atoms with Crippen molar-refractivity contribution >= 4 is 23.0 Å². The van der Waals surface area contributed by atoms with Crippen LogP contribution in [-0.4, -0.2) is 41.1 Å². The second-order valence-corrected chi connectivity index (χ2v) is 8.45. The van der Waals surface area contributed by atoms with Crippen LogP contribution in [0.2, 0.25) is 0 Å². The van der Waals surface area contributed by atoms with Crippen LogP contribution in [0.4, 0.5) is 4.79 Å². The van der Waals surface area contributed by atoms with Crippen molar-refractivity contribution < 1.29 is 28.9 Å². The molecule has 1 atom stereocenters. The van der Waals surface area contributed by atoms with E-state index < -0.39 is 23.3 Å². The first-order valence-corrected chi connectivity index (χ1v) is 10.4. The quantitative estimate of drug-likeness (QED) is 0.588. The average Bonchev–Trinajstić information content (AvgIpc) is 3.04. The second-order valence-electron chi connectivity index (χ2n) is 8.45. The summed E-state index contributed by atoms with van der Waals surface area (Å²) in [6.45, 7) is 8.76. The van der Waals surface area contributed by atoms with Gasteiger partial charge in [-0.3, -0.25) is 0 Å². The summed E-state index contributed by atoms with van der Waals surface area (Å²) in [5, 5.41) is 12.5. The molecule has 32 heavy (non-hydrogen) atoms. The molecule has 0 unspecified atom stereocenters. The lowest BCUT2D eigenvalue weighted by Crippen LogP contribution is -2.39. The molecule has 0 radical (unpaired) electrons. The topological polar surface area (TPSA) is 87.0 Å². The summed E-state index contributed by atoms with van der Waals surface area (Å²) in [5.41, 5.74) is -1.41. The number of methoxy groups -OCH3 is 1. The smallest absolute Gasteiger partial charge is 0.419 e. The molecule has 3 rings (SSSR count). The van der Waals surface area contributed by atoms with E-state index >= 15 is 0 Å². The highest BCUT2D eigenvalue weighted by Crippen LogP contribution is 2.40. The number of carbonyl (C=O) groups is 2. The fraction of sp³-hybridized carbons (Fsp3) is 0.360. The normalized spacial score (nSPS) is 13.5. The lowest BCUT2D eigenvalue weighted by atomic mass is 9.84. The van der Waals surface area contributed by atoms with Gasteiger partial charge in [0.2, 0.25) is 5.60 Å². The Hall–Kier alpha value is -3.32. The Balaban J connectivity index is 2.33. The Morgan fingerprint density at radius 3 is 2.22 bits per heavy atom. The monoisotopic (exact) mass is 439 g/mol. The van der Waals surface area contributed by atoms with Gasteiger partial charge in [-0.25, -0.2) is 14.2 Å². The van der Waals surface area contributed by atoms with Gasteiger partial charge in [0.05, 0.1) is 19.2 Å². The number of hydrogen-bond donors (Lipinski definition) is 1. The molecule has 1 N–H and O–H groups in total. The van der Waals surface area contributed by atoms with Crippen molar-refractivity contribution in [2.45, 2.75) is 45.8 Å². The van der Waals surface area contributed by atoms with Crippen LogP contribution >= 0.6 is 0 Å². The fourth-order valence-corrected chi connectivity index (χ4v) is 3.80. The molecule has 1 aromatic heterocycles. The molecule has 0 aliphatic rings. The maximum Gasteiger partial charge on any atom is 0.419 e. The summed E-state index contributed by atoms with van der Waals surface area (Å²) >= 11 is 0. The van der Waals surface area contributed by atoms with Gasteiger partial charge in [0.15, 0.2) is 0 Å². The second kappa shape index (κ2) is 8.67. The van der Waals surface area contributed by atoms with Crippen molar-refractivity contribution in [3.8, 4) is 5.75 Å².